The van der Waals surface area contributed by atoms with E-state index in [4.69, 9.17) is 14.2 Å². The largest absolute Gasteiger partial charge is 0.467 e. The zero-order valence-electron chi connectivity index (χ0n) is 15.9. The summed E-state index contributed by atoms with van der Waals surface area (Å²) in [5.74, 6) is 0.345. The molecule has 0 aliphatic carbocycles. The lowest BCUT2D eigenvalue weighted by atomic mass is 9.93. The summed E-state index contributed by atoms with van der Waals surface area (Å²) in [6.07, 6.45) is 7.64. The molecule has 148 valence electrons. The van der Waals surface area contributed by atoms with Crippen LogP contribution in [-0.2, 0) is 11.2 Å². The predicted octanol–water partition coefficient (Wildman–Crippen LogP) is 1.65. The van der Waals surface area contributed by atoms with Crippen LogP contribution in [0.25, 0.3) is 11.1 Å². The van der Waals surface area contributed by atoms with E-state index in [2.05, 4.69) is 25.3 Å². The first-order valence-corrected chi connectivity index (χ1v) is 8.94. The second-order valence-electron chi connectivity index (χ2n) is 6.34. The molecule has 1 aliphatic heterocycles. The average molecular weight is 393 g/mol. The van der Waals surface area contributed by atoms with Gasteiger partial charge in [0.2, 0.25) is 6.29 Å². The van der Waals surface area contributed by atoms with Gasteiger partial charge in [0.15, 0.2) is 0 Å². The third-order valence-electron chi connectivity index (χ3n) is 4.60. The number of hydrogen-bond donors (Lipinski definition) is 1. The minimum atomic E-state index is -0.634. The molecule has 4 rings (SSSR count). The van der Waals surface area contributed by atoms with Crippen molar-refractivity contribution in [2.75, 3.05) is 14.2 Å². The molecule has 1 aliphatic rings. The highest BCUT2D eigenvalue weighted by atomic mass is 16.7. The number of hydrogen-bond acceptors (Lipinski definition) is 8. The maximum Gasteiger partial charge on any atom is 0.316 e. The van der Waals surface area contributed by atoms with Crippen molar-refractivity contribution in [1.29, 1.82) is 0 Å². The van der Waals surface area contributed by atoms with Crippen LogP contribution >= 0.6 is 0 Å². The van der Waals surface area contributed by atoms with Gasteiger partial charge in [-0.15, -0.1) is 0 Å². The fraction of sp³-hybridized carbons (Fsp3) is 0.250. The van der Waals surface area contributed by atoms with Crippen LogP contribution in [0.15, 0.2) is 49.2 Å². The van der Waals surface area contributed by atoms with Gasteiger partial charge in [0.25, 0.3) is 5.91 Å². The molecule has 0 bridgehead atoms. The fourth-order valence-corrected chi connectivity index (χ4v) is 3.23. The van der Waals surface area contributed by atoms with Crippen molar-refractivity contribution in [3.63, 3.8) is 0 Å². The molecule has 1 N–H and O–H groups in total. The highest BCUT2D eigenvalue weighted by Crippen LogP contribution is 2.36. The van der Waals surface area contributed by atoms with E-state index in [1.165, 1.54) is 32.8 Å². The van der Waals surface area contributed by atoms with Gasteiger partial charge in [-0.25, -0.2) is 15.0 Å². The van der Waals surface area contributed by atoms with Gasteiger partial charge in [-0.3, -0.25) is 9.78 Å². The van der Waals surface area contributed by atoms with Crippen molar-refractivity contribution in [2.24, 2.45) is 0 Å². The number of aromatic nitrogens is 4. The first-order chi connectivity index (χ1) is 14.2. The molecule has 3 aromatic rings. The van der Waals surface area contributed by atoms with Gasteiger partial charge in [-0.1, -0.05) is 12.1 Å². The number of carbonyl (C=O) groups is 1. The molecule has 0 radical (unpaired) electrons. The second kappa shape index (κ2) is 8.19. The van der Waals surface area contributed by atoms with Crippen LogP contribution in [0.2, 0.25) is 0 Å². The molecule has 0 fully saturated rings. The van der Waals surface area contributed by atoms with E-state index in [1.54, 1.807) is 12.4 Å². The summed E-state index contributed by atoms with van der Waals surface area (Å²) < 4.78 is 16.5. The number of nitrogens with one attached hydrogen (secondary N) is 1. The Morgan fingerprint density at radius 2 is 1.97 bits per heavy atom. The summed E-state index contributed by atoms with van der Waals surface area (Å²) >= 11 is 0. The van der Waals surface area contributed by atoms with E-state index >= 15 is 0 Å². The van der Waals surface area contributed by atoms with Crippen LogP contribution in [0.3, 0.4) is 0 Å². The predicted molar refractivity (Wildman–Crippen MR) is 102 cm³/mol. The van der Waals surface area contributed by atoms with Crippen LogP contribution < -0.4 is 14.8 Å². The van der Waals surface area contributed by atoms with Crippen LogP contribution in [0.4, 0.5) is 0 Å². The molecule has 1 amide bonds. The Kier molecular flexibility index (Phi) is 5.30. The highest BCUT2D eigenvalue weighted by Gasteiger charge is 2.33. The number of rotatable bonds is 5. The van der Waals surface area contributed by atoms with E-state index in [0.717, 1.165) is 16.7 Å². The molecule has 1 aromatic carbocycles. The Hall–Kier alpha value is -3.59. The van der Waals surface area contributed by atoms with E-state index < -0.39 is 12.3 Å². The molecule has 2 aromatic heterocycles. The molecular weight excluding hydrogens is 374 g/mol. The summed E-state index contributed by atoms with van der Waals surface area (Å²) in [7, 11) is 3.06. The molecule has 9 nitrogen and oxygen atoms in total. The molecule has 0 saturated carbocycles. The Morgan fingerprint density at radius 1 is 1.14 bits per heavy atom. The van der Waals surface area contributed by atoms with Crippen molar-refractivity contribution < 1.29 is 19.0 Å². The van der Waals surface area contributed by atoms with Gasteiger partial charge >= 0.3 is 6.01 Å². The minimum absolute atomic E-state index is 0.227. The Labute approximate surface area is 167 Å². The number of benzene rings is 1. The molecule has 2 atom stereocenters. The summed E-state index contributed by atoms with van der Waals surface area (Å²) in [4.78, 5) is 28.9. The van der Waals surface area contributed by atoms with Crippen molar-refractivity contribution >= 4 is 5.91 Å². The normalized spacial score (nSPS) is 17.7. The first kappa shape index (κ1) is 18.8. The monoisotopic (exact) mass is 393 g/mol. The zero-order valence-corrected chi connectivity index (χ0v) is 15.9. The molecule has 1 unspecified atom stereocenters. The standard InChI is InChI=1S/C20H19N5O4/c1-27-19-15(25-18(26)16-11-21-6-7-22-16)8-14-13(4-3-5-17(14)29-19)12-9-23-20(28-2)24-10-12/h3-7,9-11,15,19H,8H2,1-2H3,(H,25,26)/t15-,19?/m0/s1. The smallest absolute Gasteiger partial charge is 0.316 e. The highest BCUT2D eigenvalue weighted by molar-refractivity contribution is 5.92. The lowest BCUT2D eigenvalue weighted by Crippen LogP contribution is -2.50. The van der Waals surface area contributed by atoms with Crippen molar-refractivity contribution in [1.82, 2.24) is 25.3 Å². The van der Waals surface area contributed by atoms with Gasteiger partial charge in [0, 0.05) is 49.4 Å². The lowest BCUT2D eigenvalue weighted by Gasteiger charge is -2.33. The number of nitrogens with zero attached hydrogens (tertiary/aromatic N) is 4. The fourth-order valence-electron chi connectivity index (χ4n) is 3.23. The molecule has 29 heavy (non-hydrogen) atoms. The SMILES string of the molecule is COc1ncc(-c2cccc3c2C[C@H](NC(=O)c2cnccn2)C(OC)O3)cn1. The summed E-state index contributed by atoms with van der Waals surface area (Å²) in [5.41, 5.74) is 2.89. The maximum absolute atomic E-state index is 12.6. The summed E-state index contributed by atoms with van der Waals surface area (Å²) in [5, 5.41) is 2.93. The summed E-state index contributed by atoms with van der Waals surface area (Å²) in [6, 6.07) is 5.60. The van der Waals surface area contributed by atoms with Gasteiger partial charge in [-0.2, -0.15) is 0 Å². The first-order valence-electron chi connectivity index (χ1n) is 8.94. The maximum atomic E-state index is 12.6. The zero-order chi connectivity index (χ0) is 20.2. The Bertz CT molecular complexity index is 998. The molecular formula is C20H19N5O4. The van der Waals surface area contributed by atoms with Gasteiger partial charge in [0.1, 0.15) is 11.4 Å². The van der Waals surface area contributed by atoms with Crippen LogP contribution in [0.1, 0.15) is 16.1 Å². The van der Waals surface area contributed by atoms with Crippen molar-refractivity contribution in [3.05, 3.63) is 60.4 Å². The molecule has 9 heteroatoms. The number of amides is 1. The van der Waals surface area contributed by atoms with E-state index in [9.17, 15) is 4.79 Å². The second-order valence-corrected chi connectivity index (χ2v) is 6.34. The molecule has 3 heterocycles. The van der Waals surface area contributed by atoms with Crippen LogP contribution in [0, 0.1) is 0 Å². The van der Waals surface area contributed by atoms with Gasteiger partial charge in [0.05, 0.1) is 19.3 Å². The van der Waals surface area contributed by atoms with Gasteiger partial charge < -0.3 is 19.5 Å². The van der Waals surface area contributed by atoms with E-state index in [-0.39, 0.29) is 11.6 Å². The Balaban J connectivity index is 1.63. The number of carbonyl (C=O) groups excluding carboxylic acids is 1. The molecule has 0 spiro atoms. The number of fused-ring (bicyclic) bond motifs is 1. The van der Waals surface area contributed by atoms with Crippen molar-refractivity contribution in [2.45, 2.75) is 18.8 Å². The summed E-state index contributed by atoms with van der Waals surface area (Å²) in [6.45, 7) is 0. The number of ether oxygens (including phenoxy) is 3. The van der Waals surface area contributed by atoms with E-state index in [1.807, 2.05) is 18.2 Å². The number of methoxy groups -OCH3 is 2. The van der Waals surface area contributed by atoms with Gasteiger partial charge in [-0.05, 0) is 11.6 Å². The molecule has 0 saturated heterocycles. The minimum Gasteiger partial charge on any atom is -0.467 e. The average Bonchev–Trinajstić information content (AvgIpc) is 2.79. The van der Waals surface area contributed by atoms with Crippen LogP contribution in [-0.4, -0.2) is 52.4 Å². The topological polar surface area (TPSA) is 108 Å². The van der Waals surface area contributed by atoms with E-state index in [0.29, 0.717) is 18.2 Å². The van der Waals surface area contributed by atoms with Crippen molar-refractivity contribution in [3.8, 4) is 22.9 Å². The lowest BCUT2D eigenvalue weighted by molar-refractivity contribution is -0.0834. The Morgan fingerprint density at radius 3 is 2.66 bits per heavy atom. The van der Waals surface area contributed by atoms with Crippen LogP contribution in [0.5, 0.6) is 11.8 Å². The third kappa shape index (κ3) is 3.85. The third-order valence-corrected chi connectivity index (χ3v) is 4.60. The quantitative estimate of drug-likeness (QED) is 0.697.